The van der Waals surface area contributed by atoms with Crippen LogP contribution >= 0.6 is 11.6 Å². The van der Waals surface area contributed by atoms with Crippen LogP contribution in [0.2, 0.25) is 5.02 Å². The minimum atomic E-state index is 0.358. The van der Waals surface area contributed by atoms with E-state index in [0.29, 0.717) is 22.8 Å². The summed E-state index contributed by atoms with van der Waals surface area (Å²) in [7, 11) is 4.32. The van der Waals surface area contributed by atoms with E-state index in [1.54, 1.807) is 6.20 Å². The Morgan fingerprint density at radius 2 is 1.76 bits per heavy atom. The van der Waals surface area contributed by atoms with Crippen molar-refractivity contribution >= 4 is 34.7 Å². The number of aromatic nitrogens is 2. The van der Waals surface area contributed by atoms with Gasteiger partial charge in [0.1, 0.15) is 5.02 Å². The zero-order valence-corrected chi connectivity index (χ0v) is 18.0. The van der Waals surface area contributed by atoms with Crippen molar-refractivity contribution in [3.63, 3.8) is 0 Å². The van der Waals surface area contributed by atoms with E-state index in [-0.39, 0.29) is 0 Å². The second kappa shape index (κ2) is 9.15. The maximum absolute atomic E-state index is 6.33. The van der Waals surface area contributed by atoms with Gasteiger partial charge in [0.25, 0.3) is 0 Å². The average molecular weight is 416 g/mol. The number of likely N-dealkylation sites (N-methyl/N-ethyl adjacent to an activating group) is 2. The first-order valence-corrected chi connectivity index (χ1v) is 10.7. The molecule has 0 saturated carbocycles. The number of benzene rings is 1. The Hall–Kier alpha value is -2.09. The predicted molar refractivity (Wildman–Crippen MR) is 121 cm³/mol. The molecule has 156 valence electrons. The SMILES string of the molecule is CN1CCN(c2ccc(Nc3ncc(Cl)c(NC4CCCN(C)C4)n3)cc2)CC1. The molecule has 1 aromatic heterocycles. The average Bonchev–Trinajstić information content (AvgIpc) is 2.72. The maximum atomic E-state index is 6.33. The van der Waals surface area contributed by atoms with Gasteiger partial charge in [0.05, 0.1) is 6.20 Å². The molecule has 0 spiro atoms. The zero-order valence-electron chi connectivity index (χ0n) is 17.2. The summed E-state index contributed by atoms with van der Waals surface area (Å²) < 4.78 is 0. The van der Waals surface area contributed by atoms with E-state index in [2.05, 4.69) is 73.7 Å². The zero-order chi connectivity index (χ0) is 20.2. The summed E-state index contributed by atoms with van der Waals surface area (Å²) in [6.45, 7) is 6.48. The van der Waals surface area contributed by atoms with Gasteiger partial charge < -0.3 is 25.3 Å². The molecule has 29 heavy (non-hydrogen) atoms. The van der Waals surface area contributed by atoms with E-state index < -0.39 is 0 Å². The smallest absolute Gasteiger partial charge is 0.229 e. The monoisotopic (exact) mass is 415 g/mol. The first-order chi connectivity index (χ1) is 14.1. The van der Waals surface area contributed by atoms with E-state index >= 15 is 0 Å². The fraction of sp³-hybridized carbons (Fsp3) is 0.524. The molecule has 0 bridgehead atoms. The van der Waals surface area contributed by atoms with Crippen LogP contribution in [0.15, 0.2) is 30.5 Å². The molecule has 7 nitrogen and oxygen atoms in total. The number of likely N-dealkylation sites (tertiary alicyclic amines) is 1. The van der Waals surface area contributed by atoms with Crippen LogP contribution in [0.1, 0.15) is 12.8 Å². The molecule has 1 aromatic carbocycles. The van der Waals surface area contributed by atoms with Crippen molar-refractivity contribution in [2.45, 2.75) is 18.9 Å². The van der Waals surface area contributed by atoms with Crippen molar-refractivity contribution in [1.29, 1.82) is 0 Å². The Balaban J connectivity index is 1.40. The standard InChI is InChI=1S/C21H30ClN7/c1-27-10-12-29(13-11-27)18-7-5-16(6-8-18)25-21-23-14-19(22)20(26-21)24-17-4-3-9-28(2)15-17/h5-8,14,17H,3-4,9-13,15H2,1-2H3,(H2,23,24,25,26). The van der Waals surface area contributed by atoms with Gasteiger partial charge in [-0.05, 0) is 57.7 Å². The number of rotatable bonds is 5. The van der Waals surface area contributed by atoms with Gasteiger partial charge in [-0.25, -0.2) is 4.98 Å². The normalized spacial score (nSPS) is 21.2. The Labute approximate surface area is 178 Å². The van der Waals surface area contributed by atoms with Gasteiger partial charge in [-0.15, -0.1) is 0 Å². The topological polar surface area (TPSA) is 59.6 Å². The van der Waals surface area contributed by atoms with E-state index in [0.717, 1.165) is 51.4 Å². The van der Waals surface area contributed by atoms with Gasteiger partial charge in [-0.2, -0.15) is 4.98 Å². The number of hydrogen-bond acceptors (Lipinski definition) is 7. The van der Waals surface area contributed by atoms with Gasteiger partial charge in [0.15, 0.2) is 5.82 Å². The number of anilines is 4. The number of piperazine rings is 1. The highest BCUT2D eigenvalue weighted by Crippen LogP contribution is 2.25. The van der Waals surface area contributed by atoms with Crippen LogP contribution in [0.4, 0.5) is 23.1 Å². The highest BCUT2D eigenvalue weighted by molar-refractivity contribution is 6.32. The highest BCUT2D eigenvalue weighted by Gasteiger charge is 2.19. The first kappa shape index (κ1) is 20.2. The first-order valence-electron chi connectivity index (χ1n) is 10.3. The Morgan fingerprint density at radius 1 is 1.00 bits per heavy atom. The lowest BCUT2D eigenvalue weighted by Gasteiger charge is -2.34. The molecular weight excluding hydrogens is 386 g/mol. The third-order valence-corrected chi connectivity index (χ3v) is 5.98. The van der Waals surface area contributed by atoms with Crippen molar-refractivity contribution in [3.05, 3.63) is 35.5 Å². The molecule has 2 N–H and O–H groups in total. The van der Waals surface area contributed by atoms with Crippen LogP contribution in [0.25, 0.3) is 0 Å². The van der Waals surface area contributed by atoms with Gasteiger partial charge in [-0.1, -0.05) is 11.6 Å². The van der Waals surface area contributed by atoms with Crippen LogP contribution in [0, 0.1) is 0 Å². The lowest BCUT2D eigenvalue weighted by Crippen LogP contribution is -2.44. The van der Waals surface area contributed by atoms with Crippen LogP contribution in [0.5, 0.6) is 0 Å². The minimum absolute atomic E-state index is 0.358. The summed E-state index contributed by atoms with van der Waals surface area (Å²) in [6, 6.07) is 8.82. The van der Waals surface area contributed by atoms with E-state index in [1.165, 1.54) is 12.1 Å². The molecule has 0 aliphatic carbocycles. The van der Waals surface area contributed by atoms with Gasteiger partial charge in [0.2, 0.25) is 5.95 Å². The molecular formula is C21H30ClN7. The third kappa shape index (κ3) is 5.29. The Bertz CT molecular complexity index is 805. The molecule has 0 radical (unpaired) electrons. The molecule has 2 saturated heterocycles. The highest BCUT2D eigenvalue weighted by atomic mass is 35.5. The fourth-order valence-electron chi connectivity index (χ4n) is 3.96. The van der Waals surface area contributed by atoms with Crippen LogP contribution < -0.4 is 15.5 Å². The quantitative estimate of drug-likeness (QED) is 0.777. The van der Waals surface area contributed by atoms with Gasteiger partial charge in [0, 0.05) is 50.1 Å². The molecule has 0 amide bonds. The molecule has 4 rings (SSSR count). The molecule has 2 aromatic rings. The summed E-state index contributed by atoms with van der Waals surface area (Å²) in [4.78, 5) is 16.1. The summed E-state index contributed by atoms with van der Waals surface area (Å²) in [5, 5.41) is 7.33. The largest absolute Gasteiger partial charge is 0.369 e. The maximum Gasteiger partial charge on any atom is 0.229 e. The molecule has 2 fully saturated rings. The number of hydrogen-bond donors (Lipinski definition) is 2. The molecule has 8 heteroatoms. The van der Waals surface area contributed by atoms with Crippen LogP contribution in [-0.2, 0) is 0 Å². The summed E-state index contributed by atoms with van der Waals surface area (Å²) >= 11 is 6.33. The lowest BCUT2D eigenvalue weighted by atomic mass is 10.1. The molecule has 1 unspecified atom stereocenters. The van der Waals surface area contributed by atoms with Gasteiger partial charge in [-0.3, -0.25) is 0 Å². The second-order valence-corrected chi connectivity index (χ2v) is 8.51. The fourth-order valence-corrected chi connectivity index (χ4v) is 4.10. The van der Waals surface area contributed by atoms with Crippen molar-refractivity contribution in [1.82, 2.24) is 19.8 Å². The van der Waals surface area contributed by atoms with Gasteiger partial charge >= 0.3 is 0 Å². The molecule has 1 atom stereocenters. The van der Waals surface area contributed by atoms with E-state index in [1.807, 2.05) is 0 Å². The van der Waals surface area contributed by atoms with E-state index in [9.17, 15) is 0 Å². The Morgan fingerprint density at radius 3 is 2.48 bits per heavy atom. The third-order valence-electron chi connectivity index (χ3n) is 5.70. The summed E-state index contributed by atoms with van der Waals surface area (Å²) in [6.07, 6.45) is 3.97. The summed E-state index contributed by atoms with van der Waals surface area (Å²) in [5.41, 5.74) is 2.22. The second-order valence-electron chi connectivity index (χ2n) is 8.10. The minimum Gasteiger partial charge on any atom is -0.369 e. The van der Waals surface area contributed by atoms with Crippen molar-refractivity contribution in [2.24, 2.45) is 0 Å². The summed E-state index contributed by atoms with van der Waals surface area (Å²) in [5.74, 6) is 1.24. The molecule has 2 aliphatic heterocycles. The molecule has 2 aliphatic rings. The predicted octanol–water partition coefficient (Wildman–Crippen LogP) is 3.13. The molecule has 3 heterocycles. The van der Waals surface area contributed by atoms with Crippen LogP contribution in [0.3, 0.4) is 0 Å². The number of halogens is 1. The van der Waals surface area contributed by atoms with Crippen molar-refractivity contribution in [3.8, 4) is 0 Å². The van der Waals surface area contributed by atoms with Crippen molar-refractivity contribution in [2.75, 3.05) is 68.9 Å². The number of piperidine rings is 1. The number of nitrogens with one attached hydrogen (secondary N) is 2. The van der Waals surface area contributed by atoms with E-state index in [4.69, 9.17) is 11.6 Å². The Kier molecular flexibility index (Phi) is 6.37. The van der Waals surface area contributed by atoms with Crippen molar-refractivity contribution < 1.29 is 0 Å². The van der Waals surface area contributed by atoms with Crippen LogP contribution in [-0.4, -0.2) is 79.2 Å². The lowest BCUT2D eigenvalue weighted by molar-refractivity contribution is 0.261. The number of nitrogens with zero attached hydrogens (tertiary/aromatic N) is 5.